The minimum absolute atomic E-state index is 0.0205. The van der Waals surface area contributed by atoms with Gasteiger partial charge >= 0.3 is 5.97 Å². The number of hydrogen-bond donors (Lipinski definition) is 1. The van der Waals surface area contributed by atoms with Crippen LogP contribution in [0.1, 0.15) is 11.5 Å². The first kappa shape index (κ1) is 13.5. The molecule has 0 saturated heterocycles. The Bertz CT molecular complexity index is 600. The van der Waals surface area contributed by atoms with Gasteiger partial charge in [-0.2, -0.15) is 4.98 Å². The average molecular weight is 282 g/mol. The van der Waals surface area contributed by atoms with E-state index in [9.17, 15) is 9.18 Å². The SMILES string of the molecule is Cc1cc(F)ccc1-c1noc(CSCC(=O)O)n1. The Balaban J connectivity index is 2.10. The summed E-state index contributed by atoms with van der Waals surface area (Å²) >= 11 is 1.17. The lowest BCUT2D eigenvalue weighted by atomic mass is 10.1. The fourth-order valence-electron chi connectivity index (χ4n) is 1.53. The highest BCUT2D eigenvalue weighted by Gasteiger charge is 2.11. The zero-order valence-electron chi connectivity index (χ0n) is 10.1. The molecule has 2 aromatic rings. The van der Waals surface area contributed by atoms with Gasteiger partial charge in [0.2, 0.25) is 11.7 Å². The molecule has 0 unspecified atom stereocenters. The summed E-state index contributed by atoms with van der Waals surface area (Å²) in [5, 5.41) is 12.3. The summed E-state index contributed by atoms with van der Waals surface area (Å²) in [5.41, 5.74) is 1.41. The number of nitrogens with zero attached hydrogens (tertiary/aromatic N) is 2. The standard InChI is InChI=1S/C12H11FN2O3S/c1-7-4-8(13)2-3-9(7)12-14-10(18-15-12)5-19-6-11(16)17/h2-4H,5-6H2,1H3,(H,16,17). The number of carbonyl (C=O) groups is 1. The molecule has 0 spiro atoms. The maximum absolute atomic E-state index is 13.0. The Morgan fingerprint density at radius 3 is 3.00 bits per heavy atom. The van der Waals surface area contributed by atoms with Crippen LogP contribution >= 0.6 is 11.8 Å². The van der Waals surface area contributed by atoms with Gasteiger partial charge in [-0.15, -0.1) is 11.8 Å². The smallest absolute Gasteiger partial charge is 0.313 e. The van der Waals surface area contributed by atoms with Crippen molar-refractivity contribution in [3.05, 3.63) is 35.5 Å². The van der Waals surface area contributed by atoms with Gasteiger partial charge in [-0.25, -0.2) is 4.39 Å². The molecule has 1 aromatic carbocycles. The van der Waals surface area contributed by atoms with E-state index in [0.29, 0.717) is 28.6 Å². The van der Waals surface area contributed by atoms with Crippen molar-refractivity contribution in [1.82, 2.24) is 10.1 Å². The number of benzene rings is 1. The largest absolute Gasteiger partial charge is 0.481 e. The van der Waals surface area contributed by atoms with Gasteiger partial charge in [0.1, 0.15) is 5.82 Å². The Kier molecular flexibility index (Phi) is 4.16. The number of thioether (sulfide) groups is 1. The van der Waals surface area contributed by atoms with Crippen LogP contribution in [0.3, 0.4) is 0 Å². The van der Waals surface area contributed by atoms with Crippen LogP contribution in [-0.2, 0) is 10.5 Å². The summed E-state index contributed by atoms with van der Waals surface area (Å²) in [4.78, 5) is 14.5. The van der Waals surface area contributed by atoms with E-state index in [1.807, 2.05) is 0 Å². The predicted molar refractivity (Wildman–Crippen MR) is 68.2 cm³/mol. The molecular weight excluding hydrogens is 271 g/mol. The number of hydrogen-bond acceptors (Lipinski definition) is 5. The predicted octanol–water partition coefficient (Wildman–Crippen LogP) is 2.50. The molecule has 5 nitrogen and oxygen atoms in total. The van der Waals surface area contributed by atoms with Gasteiger partial charge in [-0.3, -0.25) is 4.79 Å². The molecule has 1 aromatic heterocycles. The zero-order valence-corrected chi connectivity index (χ0v) is 10.9. The number of carboxylic acid groups (broad SMARTS) is 1. The first-order chi connectivity index (χ1) is 9.06. The second kappa shape index (κ2) is 5.83. The van der Waals surface area contributed by atoms with E-state index in [1.165, 1.54) is 23.9 Å². The van der Waals surface area contributed by atoms with Crippen molar-refractivity contribution in [2.24, 2.45) is 0 Å². The van der Waals surface area contributed by atoms with Crippen molar-refractivity contribution in [2.45, 2.75) is 12.7 Å². The number of rotatable bonds is 5. The van der Waals surface area contributed by atoms with Gasteiger partial charge in [0.15, 0.2) is 0 Å². The van der Waals surface area contributed by atoms with Crippen LogP contribution < -0.4 is 0 Å². The Labute approximate surface area is 112 Å². The summed E-state index contributed by atoms with van der Waals surface area (Å²) in [7, 11) is 0. The Hall–Kier alpha value is -1.89. The summed E-state index contributed by atoms with van der Waals surface area (Å²) in [6.07, 6.45) is 0. The molecule has 0 saturated carbocycles. The van der Waals surface area contributed by atoms with Crippen LogP contribution in [-0.4, -0.2) is 27.0 Å². The molecule has 19 heavy (non-hydrogen) atoms. The minimum Gasteiger partial charge on any atom is -0.481 e. The molecule has 0 atom stereocenters. The number of halogens is 1. The highest BCUT2D eigenvalue weighted by molar-refractivity contribution is 7.99. The highest BCUT2D eigenvalue weighted by atomic mass is 32.2. The van der Waals surface area contributed by atoms with Crippen molar-refractivity contribution in [1.29, 1.82) is 0 Å². The lowest BCUT2D eigenvalue weighted by molar-refractivity contribution is -0.133. The van der Waals surface area contributed by atoms with E-state index in [-0.39, 0.29) is 11.6 Å². The summed E-state index contributed by atoms with van der Waals surface area (Å²) in [6, 6.07) is 4.31. The van der Waals surface area contributed by atoms with E-state index in [1.54, 1.807) is 13.0 Å². The van der Waals surface area contributed by atoms with E-state index < -0.39 is 5.97 Å². The third kappa shape index (κ3) is 3.54. The maximum atomic E-state index is 13.0. The zero-order chi connectivity index (χ0) is 13.8. The number of aliphatic carboxylic acids is 1. The van der Waals surface area contributed by atoms with E-state index >= 15 is 0 Å². The molecule has 0 aliphatic heterocycles. The molecule has 0 bridgehead atoms. The second-order valence-electron chi connectivity index (χ2n) is 3.86. The van der Waals surface area contributed by atoms with Crippen molar-refractivity contribution in [3.63, 3.8) is 0 Å². The molecule has 1 heterocycles. The van der Waals surface area contributed by atoms with Crippen LogP contribution in [0.25, 0.3) is 11.4 Å². The van der Waals surface area contributed by atoms with E-state index in [0.717, 1.165) is 0 Å². The number of aromatic nitrogens is 2. The Morgan fingerprint density at radius 1 is 1.53 bits per heavy atom. The normalized spacial score (nSPS) is 10.6. The van der Waals surface area contributed by atoms with Crippen LogP contribution in [0, 0.1) is 12.7 Å². The third-order valence-electron chi connectivity index (χ3n) is 2.35. The first-order valence-electron chi connectivity index (χ1n) is 5.45. The van der Waals surface area contributed by atoms with E-state index in [2.05, 4.69) is 10.1 Å². The van der Waals surface area contributed by atoms with Gasteiger partial charge in [0.25, 0.3) is 0 Å². The van der Waals surface area contributed by atoms with Crippen LogP contribution in [0.4, 0.5) is 4.39 Å². The monoisotopic (exact) mass is 282 g/mol. The summed E-state index contributed by atoms with van der Waals surface area (Å²) in [6.45, 7) is 1.76. The fraction of sp³-hybridized carbons (Fsp3) is 0.250. The molecule has 0 fully saturated rings. The molecule has 100 valence electrons. The van der Waals surface area contributed by atoms with Crippen molar-refractivity contribution in [2.75, 3.05) is 5.75 Å². The van der Waals surface area contributed by atoms with Gasteiger partial charge in [-0.05, 0) is 30.7 Å². The molecule has 7 heteroatoms. The second-order valence-corrected chi connectivity index (χ2v) is 4.84. The molecule has 0 aliphatic rings. The van der Waals surface area contributed by atoms with Crippen molar-refractivity contribution in [3.8, 4) is 11.4 Å². The quantitative estimate of drug-likeness (QED) is 0.908. The first-order valence-corrected chi connectivity index (χ1v) is 6.60. The van der Waals surface area contributed by atoms with Gasteiger partial charge in [0.05, 0.1) is 11.5 Å². The van der Waals surface area contributed by atoms with Crippen molar-refractivity contribution >= 4 is 17.7 Å². The number of aryl methyl sites for hydroxylation is 1. The fourth-order valence-corrected chi connectivity index (χ4v) is 2.10. The average Bonchev–Trinajstić information content (AvgIpc) is 2.77. The van der Waals surface area contributed by atoms with Gasteiger partial charge < -0.3 is 9.63 Å². The minimum atomic E-state index is -0.890. The summed E-state index contributed by atoms with van der Waals surface area (Å²) in [5.74, 6) is -0.165. The molecule has 0 aliphatic carbocycles. The van der Waals surface area contributed by atoms with Crippen LogP contribution in [0.15, 0.2) is 22.7 Å². The lowest BCUT2D eigenvalue weighted by Gasteiger charge is -1.99. The maximum Gasteiger partial charge on any atom is 0.313 e. The van der Waals surface area contributed by atoms with Gasteiger partial charge in [-0.1, -0.05) is 5.16 Å². The highest BCUT2D eigenvalue weighted by Crippen LogP contribution is 2.22. The van der Waals surface area contributed by atoms with Gasteiger partial charge in [0, 0.05) is 5.56 Å². The topological polar surface area (TPSA) is 76.2 Å². The van der Waals surface area contributed by atoms with Crippen molar-refractivity contribution < 1.29 is 18.8 Å². The Morgan fingerprint density at radius 2 is 2.32 bits per heavy atom. The molecular formula is C12H11FN2O3S. The summed E-state index contributed by atoms with van der Waals surface area (Å²) < 4.78 is 18.0. The molecule has 2 rings (SSSR count). The molecule has 0 radical (unpaired) electrons. The van der Waals surface area contributed by atoms with E-state index in [4.69, 9.17) is 9.63 Å². The third-order valence-corrected chi connectivity index (χ3v) is 3.25. The molecule has 1 N–H and O–H groups in total. The molecule has 0 amide bonds. The number of carboxylic acids is 1. The lowest BCUT2D eigenvalue weighted by Crippen LogP contribution is -1.98. The van der Waals surface area contributed by atoms with Crippen LogP contribution in [0.5, 0.6) is 0 Å². The van der Waals surface area contributed by atoms with Crippen LogP contribution in [0.2, 0.25) is 0 Å².